The highest BCUT2D eigenvalue weighted by Gasteiger charge is 2.18. The second-order valence-corrected chi connectivity index (χ2v) is 6.71. The van der Waals surface area contributed by atoms with Gasteiger partial charge in [0.2, 0.25) is 5.91 Å². The average Bonchev–Trinajstić information content (AvgIpc) is 2.32. The molecule has 0 saturated carbocycles. The van der Waals surface area contributed by atoms with Gasteiger partial charge in [-0.25, -0.2) is 0 Å². The van der Waals surface area contributed by atoms with Crippen LogP contribution in [0.2, 0.25) is 0 Å². The Hall–Kier alpha value is -0.940. The standard InChI is InChI=1S/C11H16NO4PS/c1-8-7-10(16-17(18,14-3)15-4)5-6-11(8)12-9(2)13/h5-7H,1-4H3,(H,12,13). The van der Waals surface area contributed by atoms with Gasteiger partial charge in [-0.15, -0.1) is 0 Å². The molecule has 0 atom stereocenters. The fourth-order valence-corrected chi connectivity index (χ4v) is 2.23. The molecule has 0 aliphatic heterocycles. The number of rotatable bonds is 5. The summed E-state index contributed by atoms with van der Waals surface area (Å²) in [5, 5.41) is 2.72. The Morgan fingerprint density at radius 1 is 1.33 bits per heavy atom. The Labute approximate surface area is 112 Å². The second-order valence-electron chi connectivity index (χ2n) is 3.56. The molecule has 18 heavy (non-hydrogen) atoms. The van der Waals surface area contributed by atoms with Crippen LogP contribution in [0, 0.1) is 6.92 Å². The lowest BCUT2D eigenvalue weighted by molar-refractivity contribution is -0.114. The Kier molecular flexibility index (Phi) is 5.28. The quantitative estimate of drug-likeness (QED) is 0.845. The van der Waals surface area contributed by atoms with Crippen molar-refractivity contribution in [1.82, 2.24) is 0 Å². The van der Waals surface area contributed by atoms with Crippen LogP contribution in [-0.4, -0.2) is 20.1 Å². The van der Waals surface area contributed by atoms with Crippen molar-refractivity contribution in [3.05, 3.63) is 23.8 Å². The highest BCUT2D eigenvalue weighted by molar-refractivity contribution is 8.07. The molecule has 100 valence electrons. The molecular weight excluding hydrogens is 273 g/mol. The fraction of sp³-hybridized carbons (Fsp3) is 0.364. The maximum Gasteiger partial charge on any atom is 0.380 e. The smallest absolute Gasteiger partial charge is 0.380 e. The number of carbonyl (C=O) groups excluding carboxylic acids is 1. The summed E-state index contributed by atoms with van der Waals surface area (Å²) in [6.45, 7) is 0.601. The van der Waals surface area contributed by atoms with E-state index in [9.17, 15) is 4.79 Å². The van der Waals surface area contributed by atoms with Gasteiger partial charge in [-0.2, -0.15) is 0 Å². The number of anilines is 1. The molecule has 0 spiro atoms. The third-order valence-electron chi connectivity index (χ3n) is 2.17. The Balaban J connectivity index is 2.91. The number of benzene rings is 1. The van der Waals surface area contributed by atoms with Crippen molar-refractivity contribution in [2.24, 2.45) is 0 Å². The predicted molar refractivity (Wildman–Crippen MR) is 74.4 cm³/mol. The lowest BCUT2D eigenvalue weighted by atomic mass is 10.2. The Morgan fingerprint density at radius 2 is 1.94 bits per heavy atom. The fourth-order valence-electron chi connectivity index (χ4n) is 1.30. The van der Waals surface area contributed by atoms with Crippen LogP contribution < -0.4 is 9.84 Å². The zero-order valence-corrected chi connectivity index (χ0v) is 12.4. The molecule has 0 bridgehead atoms. The molecule has 7 heteroatoms. The van der Waals surface area contributed by atoms with Crippen molar-refractivity contribution in [2.45, 2.75) is 13.8 Å². The van der Waals surface area contributed by atoms with Crippen LogP contribution in [0.1, 0.15) is 12.5 Å². The highest BCUT2D eigenvalue weighted by atomic mass is 32.5. The van der Waals surface area contributed by atoms with Crippen molar-refractivity contribution >= 4 is 30.1 Å². The summed E-state index contributed by atoms with van der Waals surface area (Å²) in [5.74, 6) is 0.430. The van der Waals surface area contributed by atoms with E-state index in [1.807, 2.05) is 6.92 Å². The average molecular weight is 289 g/mol. The van der Waals surface area contributed by atoms with E-state index in [0.717, 1.165) is 11.3 Å². The molecular formula is C11H16NO4PS. The molecule has 5 nitrogen and oxygen atoms in total. The highest BCUT2D eigenvalue weighted by Crippen LogP contribution is 2.48. The zero-order valence-electron chi connectivity index (χ0n) is 10.7. The number of hydrogen-bond donors (Lipinski definition) is 1. The van der Waals surface area contributed by atoms with Gasteiger partial charge in [0.25, 0.3) is 0 Å². The third-order valence-corrected chi connectivity index (χ3v) is 4.62. The summed E-state index contributed by atoms with van der Waals surface area (Å²) in [5.41, 5.74) is 1.61. The minimum absolute atomic E-state index is 0.120. The first kappa shape index (κ1) is 15.1. The van der Waals surface area contributed by atoms with E-state index < -0.39 is 6.72 Å². The van der Waals surface area contributed by atoms with Gasteiger partial charge in [-0.1, -0.05) is 0 Å². The van der Waals surface area contributed by atoms with Gasteiger partial charge in [0.1, 0.15) is 5.75 Å². The van der Waals surface area contributed by atoms with Crippen LogP contribution in [0.15, 0.2) is 18.2 Å². The van der Waals surface area contributed by atoms with Gasteiger partial charge in [0.05, 0.1) is 0 Å². The van der Waals surface area contributed by atoms with Gasteiger partial charge in [-0.3, -0.25) is 4.79 Å². The molecule has 0 radical (unpaired) electrons. The van der Waals surface area contributed by atoms with Crippen molar-refractivity contribution in [2.75, 3.05) is 19.5 Å². The van der Waals surface area contributed by atoms with E-state index >= 15 is 0 Å². The maximum absolute atomic E-state index is 11.0. The SMILES string of the molecule is COP(=S)(OC)Oc1ccc(NC(C)=O)c(C)c1. The summed E-state index contributed by atoms with van der Waals surface area (Å²) in [6.07, 6.45) is 0. The van der Waals surface area contributed by atoms with Gasteiger partial charge >= 0.3 is 6.72 Å². The minimum atomic E-state index is -2.72. The molecule has 0 saturated heterocycles. The number of aryl methyl sites for hydroxylation is 1. The number of amides is 1. The van der Waals surface area contributed by atoms with Crippen molar-refractivity contribution in [3.8, 4) is 5.75 Å². The molecule has 0 aliphatic rings. The van der Waals surface area contributed by atoms with E-state index in [1.165, 1.54) is 21.1 Å². The number of carbonyl (C=O) groups is 1. The van der Waals surface area contributed by atoms with E-state index in [2.05, 4.69) is 5.32 Å². The van der Waals surface area contributed by atoms with Crippen molar-refractivity contribution in [3.63, 3.8) is 0 Å². The minimum Gasteiger partial charge on any atom is -0.424 e. The first-order valence-corrected chi connectivity index (χ1v) is 7.75. The van der Waals surface area contributed by atoms with Crippen LogP contribution in [0.25, 0.3) is 0 Å². The van der Waals surface area contributed by atoms with Crippen LogP contribution >= 0.6 is 6.72 Å². The lowest BCUT2D eigenvalue weighted by Crippen LogP contribution is -2.07. The van der Waals surface area contributed by atoms with Crippen molar-refractivity contribution < 1.29 is 18.4 Å². The summed E-state index contributed by atoms with van der Waals surface area (Å²) in [4.78, 5) is 11.0. The third kappa shape index (κ3) is 4.07. The lowest BCUT2D eigenvalue weighted by Gasteiger charge is -2.19. The molecule has 0 unspecified atom stereocenters. The first-order valence-electron chi connectivity index (χ1n) is 5.19. The molecule has 0 aromatic heterocycles. The Bertz CT molecular complexity index is 484. The monoisotopic (exact) mass is 289 g/mol. The van der Waals surface area contributed by atoms with Crippen molar-refractivity contribution in [1.29, 1.82) is 0 Å². The molecule has 1 rings (SSSR count). The van der Waals surface area contributed by atoms with Crippen LogP contribution in [-0.2, 0) is 25.6 Å². The van der Waals surface area contributed by atoms with Gasteiger partial charge < -0.3 is 18.9 Å². The zero-order chi connectivity index (χ0) is 13.8. The van der Waals surface area contributed by atoms with E-state index in [4.69, 9.17) is 25.4 Å². The number of hydrogen-bond acceptors (Lipinski definition) is 5. The largest absolute Gasteiger partial charge is 0.424 e. The van der Waals surface area contributed by atoms with E-state index in [-0.39, 0.29) is 5.91 Å². The first-order chi connectivity index (χ1) is 8.40. The summed E-state index contributed by atoms with van der Waals surface area (Å²) < 4.78 is 15.6. The van der Waals surface area contributed by atoms with Gasteiger partial charge in [-0.05, 0) is 30.7 Å². The molecule has 0 fully saturated rings. The molecule has 1 aromatic rings. The van der Waals surface area contributed by atoms with E-state index in [1.54, 1.807) is 18.2 Å². The van der Waals surface area contributed by atoms with Gasteiger partial charge in [0, 0.05) is 38.6 Å². The normalized spacial score (nSPS) is 11.1. The molecule has 1 aromatic carbocycles. The Morgan fingerprint density at radius 3 is 2.39 bits per heavy atom. The van der Waals surface area contributed by atoms with Crippen LogP contribution in [0.4, 0.5) is 5.69 Å². The molecule has 0 heterocycles. The summed E-state index contributed by atoms with van der Waals surface area (Å²) >= 11 is 5.11. The molecule has 1 N–H and O–H groups in total. The van der Waals surface area contributed by atoms with Crippen LogP contribution in [0.3, 0.4) is 0 Å². The summed E-state index contributed by atoms with van der Waals surface area (Å²) in [6, 6.07) is 5.22. The van der Waals surface area contributed by atoms with Crippen LogP contribution in [0.5, 0.6) is 5.75 Å². The predicted octanol–water partition coefficient (Wildman–Crippen LogP) is 2.85. The molecule has 0 aliphatic carbocycles. The molecule has 1 amide bonds. The topological polar surface area (TPSA) is 56.8 Å². The maximum atomic E-state index is 11.0. The number of nitrogens with one attached hydrogen (secondary N) is 1. The van der Waals surface area contributed by atoms with Gasteiger partial charge in [0.15, 0.2) is 0 Å². The second kappa shape index (κ2) is 6.29. The van der Waals surface area contributed by atoms with E-state index in [0.29, 0.717) is 5.75 Å². The summed E-state index contributed by atoms with van der Waals surface area (Å²) in [7, 11) is 2.89.